The molecule has 6 nitrogen and oxygen atoms in total. The lowest BCUT2D eigenvalue weighted by Crippen LogP contribution is -2.45. The van der Waals surface area contributed by atoms with Crippen molar-refractivity contribution in [1.29, 1.82) is 0 Å². The fourth-order valence-corrected chi connectivity index (χ4v) is 3.55. The smallest absolute Gasteiger partial charge is 0.311 e. The van der Waals surface area contributed by atoms with Crippen LogP contribution in [0.3, 0.4) is 0 Å². The van der Waals surface area contributed by atoms with Crippen molar-refractivity contribution in [3.63, 3.8) is 0 Å². The van der Waals surface area contributed by atoms with Crippen LogP contribution in [0, 0.1) is 11.3 Å². The Morgan fingerprint density at radius 3 is 2.75 bits per heavy atom. The number of nitrogens with zero attached hydrogens (tertiary/aromatic N) is 1. The number of carboxylic acids is 1. The molecule has 2 atom stereocenters. The molecule has 2 heterocycles. The number of aryl methyl sites for hydroxylation is 1. The predicted molar refractivity (Wildman–Crippen MR) is 86.9 cm³/mol. The molecule has 0 unspecified atom stereocenters. The van der Waals surface area contributed by atoms with Gasteiger partial charge in [0.25, 0.3) is 5.91 Å². The number of ether oxygens (including phenoxy) is 2. The predicted octanol–water partition coefficient (Wildman–Crippen LogP) is 1.58. The zero-order valence-electron chi connectivity index (χ0n) is 13.9. The number of carbonyl (C=O) groups is 2. The molecule has 0 aliphatic carbocycles. The van der Waals surface area contributed by atoms with Crippen molar-refractivity contribution >= 4 is 11.9 Å². The summed E-state index contributed by atoms with van der Waals surface area (Å²) >= 11 is 0. The first-order valence-corrected chi connectivity index (χ1v) is 8.36. The van der Waals surface area contributed by atoms with Gasteiger partial charge in [0.2, 0.25) is 0 Å². The third-order valence-corrected chi connectivity index (χ3v) is 5.18. The standard InChI is InChI=1S/C18H23NO5/c1-2-13-3-5-15(6-4-13)24-11-16(20)19-9-14-10-23-8-7-18(14,12-19)17(21)22/h3-6,14H,2,7-12H2,1H3,(H,21,22)/t14-,18+/m0/s1. The molecule has 0 saturated carbocycles. The van der Waals surface area contributed by atoms with Crippen LogP contribution in [-0.4, -0.2) is 54.8 Å². The lowest BCUT2D eigenvalue weighted by Gasteiger charge is -2.33. The van der Waals surface area contributed by atoms with Gasteiger partial charge in [0.15, 0.2) is 6.61 Å². The Kier molecular flexibility index (Phi) is 4.76. The second kappa shape index (κ2) is 6.81. The van der Waals surface area contributed by atoms with Crippen molar-refractivity contribution in [2.45, 2.75) is 19.8 Å². The molecule has 0 aromatic heterocycles. The summed E-state index contributed by atoms with van der Waals surface area (Å²) in [4.78, 5) is 25.8. The normalized spacial score (nSPS) is 26.0. The van der Waals surface area contributed by atoms with Gasteiger partial charge in [0.1, 0.15) is 5.75 Å². The quantitative estimate of drug-likeness (QED) is 0.885. The Labute approximate surface area is 141 Å². The van der Waals surface area contributed by atoms with Gasteiger partial charge in [-0.1, -0.05) is 19.1 Å². The van der Waals surface area contributed by atoms with Gasteiger partial charge in [0.05, 0.1) is 12.0 Å². The van der Waals surface area contributed by atoms with Crippen molar-refractivity contribution in [1.82, 2.24) is 4.90 Å². The Morgan fingerprint density at radius 2 is 2.12 bits per heavy atom. The number of amides is 1. The first-order valence-electron chi connectivity index (χ1n) is 8.36. The summed E-state index contributed by atoms with van der Waals surface area (Å²) in [5.41, 5.74) is 0.345. The number of likely N-dealkylation sites (tertiary alicyclic amines) is 1. The Hall–Kier alpha value is -2.08. The van der Waals surface area contributed by atoms with Crippen LogP contribution < -0.4 is 4.74 Å². The Morgan fingerprint density at radius 1 is 1.38 bits per heavy atom. The molecule has 2 aliphatic rings. The van der Waals surface area contributed by atoms with Gasteiger partial charge in [0, 0.05) is 25.6 Å². The monoisotopic (exact) mass is 333 g/mol. The van der Waals surface area contributed by atoms with Crippen molar-refractivity contribution in [2.75, 3.05) is 32.9 Å². The second-order valence-corrected chi connectivity index (χ2v) is 6.54. The van der Waals surface area contributed by atoms with Crippen LogP contribution in [0.2, 0.25) is 0 Å². The lowest BCUT2D eigenvalue weighted by molar-refractivity contribution is -0.157. The minimum atomic E-state index is -0.864. The molecule has 1 N–H and O–H groups in total. The molecule has 1 aromatic carbocycles. The molecular formula is C18H23NO5. The number of rotatable bonds is 5. The van der Waals surface area contributed by atoms with Crippen molar-refractivity contribution < 1.29 is 24.2 Å². The van der Waals surface area contributed by atoms with Crippen molar-refractivity contribution in [2.24, 2.45) is 11.3 Å². The molecular weight excluding hydrogens is 310 g/mol. The lowest BCUT2D eigenvalue weighted by atomic mass is 9.74. The average molecular weight is 333 g/mol. The summed E-state index contributed by atoms with van der Waals surface area (Å²) in [6.07, 6.45) is 1.41. The second-order valence-electron chi connectivity index (χ2n) is 6.54. The highest BCUT2D eigenvalue weighted by Gasteiger charge is 2.54. The number of carbonyl (C=O) groups excluding carboxylic acids is 1. The summed E-state index contributed by atoms with van der Waals surface area (Å²) in [5, 5.41) is 9.63. The van der Waals surface area contributed by atoms with Crippen LogP contribution in [0.25, 0.3) is 0 Å². The van der Waals surface area contributed by atoms with E-state index in [9.17, 15) is 14.7 Å². The van der Waals surface area contributed by atoms with E-state index in [0.717, 1.165) is 6.42 Å². The van der Waals surface area contributed by atoms with Crippen LogP contribution in [0.4, 0.5) is 0 Å². The molecule has 24 heavy (non-hydrogen) atoms. The number of aliphatic carboxylic acids is 1. The summed E-state index contributed by atoms with van der Waals surface area (Å²) < 4.78 is 11.0. The van der Waals surface area contributed by atoms with Gasteiger partial charge in [-0.25, -0.2) is 0 Å². The molecule has 1 aromatic rings. The first-order chi connectivity index (χ1) is 11.5. The van der Waals surface area contributed by atoms with Gasteiger partial charge < -0.3 is 19.5 Å². The van der Waals surface area contributed by atoms with E-state index in [1.54, 1.807) is 4.90 Å². The van der Waals surface area contributed by atoms with E-state index < -0.39 is 11.4 Å². The topological polar surface area (TPSA) is 76.1 Å². The number of benzene rings is 1. The van der Waals surface area contributed by atoms with Gasteiger partial charge in [-0.3, -0.25) is 9.59 Å². The average Bonchev–Trinajstić information content (AvgIpc) is 3.01. The van der Waals surface area contributed by atoms with Crippen LogP contribution in [-0.2, 0) is 20.7 Å². The summed E-state index contributed by atoms with van der Waals surface area (Å²) in [7, 11) is 0. The third-order valence-electron chi connectivity index (χ3n) is 5.18. The zero-order chi connectivity index (χ0) is 17.2. The SMILES string of the molecule is CCc1ccc(OCC(=O)N2C[C@H]3COCC[C@@]3(C(=O)O)C2)cc1. The minimum absolute atomic E-state index is 0.0747. The largest absolute Gasteiger partial charge is 0.484 e. The molecule has 2 aliphatic heterocycles. The highest BCUT2D eigenvalue weighted by atomic mass is 16.5. The maximum Gasteiger partial charge on any atom is 0.311 e. The molecule has 2 fully saturated rings. The van der Waals surface area contributed by atoms with E-state index in [-0.39, 0.29) is 25.0 Å². The van der Waals surface area contributed by atoms with Crippen LogP contribution >= 0.6 is 0 Å². The molecule has 0 radical (unpaired) electrons. The van der Waals surface area contributed by atoms with Gasteiger partial charge in [-0.05, 0) is 30.5 Å². The van der Waals surface area contributed by atoms with E-state index >= 15 is 0 Å². The number of hydrogen-bond donors (Lipinski definition) is 1. The molecule has 130 valence electrons. The molecule has 0 spiro atoms. The highest BCUT2D eigenvalue weighted by molar-refractivity contribution is 5.82. The first kappa shape index (κ1) is 16.8. The molecule has 0 bridgehead atoms. The number of carboxylic acid groups (broad SMARTS) is 1. The zero-order valence-corrected chi connectivity index (χ0v) is 13.9. The number of hydrogen-bond acceptors (Lipinski definition) is 4. The van der Waals surface area contributed by atoms with E-state index in [0.29, 0.717) is 31.9 Å². The molecule has 2 saturated heterocycles. The van der Waals surface area contributed by atoms with E-state index in [4.69, 9.17) is 9.47 Å². The minimum Gasteiger partial charge on any atom is -0.484 e. The summed E-state index contributed by atoms with van der Waals surface area (Å²) in [6.45, 7) is 3.50. The fraction of sp³-hybridized carbons (Fsp3) is 0.556. The van der Waals surface area contributed by atoms with E-state index in [2.05, 4.69) is 6.92 Å². The Bertz CT molecular complexity index is 614. The van der Waals surface area contributed by atoms with Gasteiger partial charge >= 0.3 is 5.97 Å². The van der Waals surface area contributed by atoms with Gasteiger partial charge in [-0.2, -0.15) is 0 Å². The fourth-order valence-electron chi connectivity index (χ4n) is 3.55. The van der Waals surface area contributed by atoms with Crippen molar-refractivity contribution in [3.8, 4) is 5.75 Å². The van der Waals surface area contributed by atoms with E-state index in [1.807, 2.05) is 24.3 Å². The van der Waals surface area contributed by atoms with E-state index in [1.165, 1.54) is 5.56 Å². The molecule has 6 heteroatoms. The maximum atomic E-state index is 12.4. The van der Waals surface area contributed by atoms with Crippen LogP contribution in [0.1, 0.15) is 18.9 Å². The number of fused-ring (bicyclic) bond motifs is 1. The van der Waals surface area contributed by atoms with Crippen molar-refractivity contribution in [3.05, 3.63) is 29.8 Å². The van der Waals surface area contributed by atoms with Gasteiger partial charge in [-0.15, -0.1) is 0 Å². The van der Waals surface area contributed by atoms with Crippen LogP contribution in [0.5, 0.6) is 5.75 Å². The summed E-state index contributed by atoms with van der Waals surface area (Å²) in [6, 6.07) is 7.65. The summed E-state index contributed by atoms with van der Waals surface area (Å²) in [5.74, 6) is -0.503. The highest BCUT2D eigenvalue weighted by Crippen LogP contribution is 2.42. The Balaban J connectivity index is 1.60. The molecule has 1 amide bonds. The molecule has 3 rings (SSSR count). The van der Waals surface area contributed by atoms with Crippen LogP contribution in [0.15, 0.2) is 24.3 Å². The third kappa shape index (κ3) is 3.11. The maximum absolute atomic E-state index is 12.4.